The van der Waals surface area contributed by atoms with E-state index in [9.17, 15) is 22.8 Å². The molecule has 0 radical (unpaired) electrons. The number of halogens is 3. The molecule has 0 aliphatic rings. The average molecular weight is 447 g/mol. The van der Waals surface area contributed by atoms with E-state index in [1.54, 1.807) is 36.5 Å². The summed E-state index contributed by atoms with van der Waals surface area (Å²) in [6.45, 7) is 2.42. The molecule has 1 aromatic heterocycles. The van der Waals surface area contributed by atoms with Crippen molar-refractivity contribution in [1.29, 1.82) is 0 Å². The molecule has 3 aromatic rings. The van der Waals surface area contributed by atoms with Gasteiger partial charge in [-0.15, -0.1) is 0 Å². The molecule has 0 aliphatic carbocycles. The van der Waals surface area contributed by atoms with Gasteiger partial charge in [0.05, 0.1) is 11.3 Å². The number of aromatic nitrogens is 1. The lowest BCUT2D eigenvalue weighted by Gasteiger charge is -2.10. The highest BCUT2D eigenvalue weighted by Gasteiger charge is 2.27. The SMILES string of the molecule is Cc1noc(C)c1COc1cccc(C(=O)Nc2ccc(C(=O)NCC(F)(F)F)cc2)c1. The van der Waals surface area contributed by atoms with E-state index < -0.39 is 24.5 Å². The quantitative estimate of drug-likeness (QED) is 0.560. The largest absolute Gasteiger partial charge is 0.489 e. The number of hydrogen-bond acceptors (Lipinski definition) is 5. The van der Waals surface area contributed by atoms with Gasteiger partial charge in [-0.2, -0.15) is 13.2 Å². The molecule has 7 nitrogen and oxygen atoms in total. The normalized spacial score (nSPS) is 11.2. The Labute approximate surface area is 181 Å². The van der Waals surface area contributed by atoms with Crippen LogP contribution < -0.4 is 15.4 Å². The molecule has 10 heteroatoms. The van der Waals surface area contributed by atoms with Crippen LogP contribution in [0.25, 0.3) is 0 Å². The third-order valence-corrected chi connectivity index (χ3v) is 4.51. The maximum absolute atomic E-state index is 12.5. The van der Waals surface area contributed by atoms with Crippen LogP contribution >= 0.6 is 0 Å². The minimum absolute atomic E-state index is 0.0435. The Morgan fingerprint density at radius 1 is 1.03 bits per heavy atom. The van der Waals surface area contributed by atoms with Crippen molar-refractivity contribution in [2.75, 3.05) is 11.9 Å². The predicted molar refractivity (Wildman–Crippen MR) is 110 cm³/mol. The van der Waals surface area contributed by atoms with Crippen LogP contribution in [-0.2, 0) is 6.61 Å². The molecule has 0 saturated carbocycles. The zero-order valence-electron chi connectivity index (χ0n) is 17.2. The highest BCUT2D eigenvalue weighted by molar-refractivity contribution is 6.04. The van der Waals surface area contributed by atoms with Gasteiger partial charge in [0.15, 0.2) is 0 Å². The van der Waals surface area contributed by atoms with Gasteiger partial charge in [-0.25, -0.2) is 0 Å². The molecule has 0 fully saturated rings. The number of rotatable bonds is 7. The molecule has 0 unspecified atom stereocenters. The van der Waals surface area contributed by atoms with Crippen molar-refractivity contribution in [3.63, 3.8) is 0 Å². The first-order valence-corrected chi connectivity index (χ1v) is 9.53. The van der Waals surface area contributed by atoms with Crippen LogP contribution in [0.2, 0.25) is 0 Å². The minimum Gasteiger partial charge on any atom is -0.489 e. The van der Waals surface area contributed by atoms with E-state index >= 15 is 0 Å². The van der Waals surface area contributed by atoms with Crippen molar-refractivity contribution in [3.05, 3.63) is 76.7 Å². The van der Waals surface area contributed by atoms with Crippen molar-refractivity contribution in [3.8, 4) is 5.75 Å². The second-order valence-electron chi connectivity index (χ2n) is 6.95. The van der Waals surface area contributed by atoms with Gasteiger partial charge in [-0.1, -0.05) is 11.2 Å². The smallest absolute Gasteiger partial charge is 0.405 e. The van der Waals surface area contributed by atoms with E-state index in [1.807, 2.05) is 6.92 Å². The summed E-state index contributed by atoms with van der Waals surface area (Å²) < 4.78 is 47.4. The first-order valence-electron chi connectivity index (χ1n) is 9.53. The fourth-order valence-electron chi connectivity index (χ4n) is 2.78. The highest BCUT2D eigenvalue weighted by atomic mass is 19.4. The topological polar surface area (TPSA) is 93.5 Å². The first kappa shape index (κ1) is 22.9. The van der Waals surface area contributed by atoms with Gasteiger partial charge in [-0.05, 0) is 56.3 Å². The molecule has 0 atom stereocenters. The number of carbonyl (C=O) groups is 2. The van der Waals surface area contributed by atoms with Crippen molar-refractivity contribution in [2.45, 2.75) is 26.6 Å². The number of nitrogens with zero attached hydrogens (tertiary/aromatic N) is 1. The Balaban J connectivity index is 1.59. The summed E-state index contributed by atoms with van der Waals surface area (Å²) in [7, 11) is 0. The minimum atomic E-state index is -4.49. The van der Waals surface area contributed by atoms with Gasteiger partial charge < -0.3 is 19.9 Å². The van der Waals surface area contributed by atoms with Crippen LogP contribution in [-0.4, -0.2) is 29.7 Å². The molecule has 0 bridgehead atoms. The van der Waals surface area contributed by atoms with Gasteiger partial charge in [0.25, 0.3) is 11.8 Å². The third kappa shape index (κ3) is 6.10. The molecular formula is C22H20F3N3O4. The Morgan fingerprint density at radius 2 is 1.75 bits per heavy atom. The number of alkyl halides is 3. The molecule has 2 amide bonds. The fourth-order valence-corrected chi connectivity index (χ4v) is 2.78. The van der Waals surface area contributed by atoms with Crippen LogP contribution in [0.15, 0.2) is 53.1 Å². The van der Waals surface area contributed by atoms with Crippen molar-refractivity contribution in [2.24, 2.45) is 0 Å². The number of aryl methyl sites for hydroxylation is 2. The lowest BCUT2D eigenvalue weighted by Crippen LogP contribution is -2.33. The molecule has 0 spiro atoms. The second kappa shape index (κ2) is 9.54. The molecule has 32 heavy (non-hydrogen) atoms. The zero-order valence-corrected chi connectivity index (χ0v) is 17.2. The Bertz CT molecular complexity index is 1090. The predicted octanol–water partition coefficient (Wildman–Crippen LogP) is 4.41. The Morgan fingerprint density at radius 3 is 2.38 bits per heavy atom. The standard InChI is InChI=1S/C22H20F3N3O4/c1-13-19(14(2)32-28-13)11-31-18-5-3-4-16(10-18)21(30)27-17-8-6-15(7-9-17)20(29)26-12-22(23,24)25/h3-10H,11-12H2,1-2H3,(H,26,29)(H,27,30). The molecule has 0 saturated heterocycles. The van der Waals surface area contributed by atoms with Gasteiger partial charge in [0.2, 0.25) is 0 Å². The van der Waals surface area contributed by atoms with Gasteiger partial charge >= 0.3 is 6.18 Å². The monoisotopic (exact) mass is 447 g/mol. The van der Waals surface area contributed by atoms with E-state index in [1.165, 1.54) is 24.3 Å². The van der Waals surface area contributed by atoms with Crippen molar-refractivity contribution >= 4 is 17.5 Å². The summed E-state index contributed by atoms with van der Waals surface area (Å²) in [6, 6.07) is 12.1. The number of ether oxygens (including phenoxy) is 1. The summed E-state index contributed by atoms with van der Waals surface area (Å²) in [4.78, 5) is 24.3. The molecular weight excluding hydrogens is 427 g/mol. The lowest BCUT2D eigenvalue weighted by atomic mass is 10.1. The molecule has 1 heterocycles. The van der Waals surface area contributed by atoms with E-state index in [4.69, 9.17) is 9.26 Å². The van der Waals surface area contributed by atoms with Crippen LogP contribution in [0.3, 0.4) is 0 Å². The Kier molecular flexibility index (Phi) is 6.82. The second-order valence-corrected chi connectivity index (χ2v) is 6.95. The van der Waals surface area contributed by atoms with E-state index in [2.05, 4.69) is 10.5 Å². The summed E-state index contributed by atoms with van der Waals surface area (Å²) in [5.74, 6) is -0.133. The summed E-state index contributed by atoms with van der Waals surface area (Å²) in [6.07, 6.45) is -4.49. The van der Waals surface area contributed by atoms with E-state index in [-0.39, 0.29) is 12.2 Å². The van der Waals surface area contributed by atoms with E-state index in [0.29, 0.717) is 22.8 Å². The number of nitrogens with one attached hydrogen (secondary N) is 2. The van der Waals surface area contributed by atoms with Gasteiger partial charge in [0.1, 0.15) is 24.7 Å². The number of anilines is 1. The number of hydrogen-bond donors (Lipinski definition) is 2. The number of amides is 2. The molecule has 3 rings (SSSR count). The highest BCUT2D eigenvalue weighted by Crippen LogP contribution is 2.20. The van der Waals surface area contributed by atoms with Gasteiger partial charge in [0, 0.05) is 16.8 Å². The molecule has 2 aromatic carbocycles. The summed E-state index contributed by atoms with van der Waals surface area (Å²) >= 11 is 0. The average Bonchev–Trinajstić information content (AvgIpc) is 3.08. The fraction of sp³-hybridized carbons (Fsp3) is 0.227. The number of carbonyl (C=O) groups excluding carboxylic acids is 2. The van der Waals surface area contributed by atoms with Crippen molar-refractivity contribution < 1.29 is 32.0 Å². The first-order chi connectivity index (χ1) is 15.1. The number of benzene rings is 2. The lowest BCUT2D eigenvalue weighted by molar-refractivity contribution is -0.123. The van der Waals surface area contributed by atoms with Crippen LogP contribution in [0.4, 0.5) is 18.9 Å². The van der Waals surface area contributed by atoms with E-state index in [0.717, 1.165) is 11.3 Å². The third-order valence-electron chi connectivity index (χ3n) is 4.51. The molecule has 0 aliphatic heterocycles. The van der Waals surface area contributed by atoms with Crippen LogP contribution in [0.5, 0.6) is 5.75 Å². The summed E-state index contributed by atoms with van der Waals surface area (Å²) in [5.41, 5.74) is 2.32. The Hall–Kier alpha value is -3.82. The molecule has 168 valence electrons. The van der Waals surface area contributed by atoms with Crippen LogP contribution in [0, 0.1) is 13.8 Å². The van der Waals surface area contributed by atoms with Crippen LogP contribution in [0.1, 0.15) is 37.7 Å². The molecule has 2 N–H and O–H groups in total. The van der Waals surface area contributed by atoms with Crippen molar-refractivity contribution in [1.82, 2.24) is 10.5 Å². The maximum Gasteiger partial charge on any atom is 0.405 e. The van der Waals surface area contributed by atoms with Gasteiger partial charge in [-0.3, -0.25) is 9.59 Å². The zero-order chi connectivity index (χ0) is 23.3. The maximum atomic E-state index is 12.5. The summed E-state index contributed by atoms with van der Waals surface area (Å²) in [5, 5.41) is 8.31.